The van der Waals surface area contributed by atoms with Crippen LogP contribution in [0.15, 0.2) is 115 Å². The van der Waals surface area contributed by atoms with E-state index in [-0.39, 0.29) is 202 Å². The third-order valence-electron chi connectivity index (χ3n) is 16.5. The Morgan fingerprint density at radius 2 is 1.01 bits per heavy atom. The second-order valence-electron chi connectivity index (χ2n) is 27.0. The van der Waals surface area contributed by atoms with Crippen LogP contribution in [0.1, 0.15) is 205 Å². The first kappa shape index (κ1) is 31.3. The molecular weight excluding hydrogens is 912 g/mol. The number of fused-ring (bicyclic) bond motifs is 14. The van der Waals surface area contributed by atoms with Crippen LogP contribution in [0, 0.1) is 6.92 Å². The lowest BCUT2D eigenvalue weighted by atomic mass is 9.33. The Balaban J connectivity index is 1.31. The molecule has 3 heterocycles. The lowest BCUT2D eigenvalue weighted by molar-refractivity contribution is 0.406. The molecule has 0 saturated carbocycles. The van der Waals surface area contributed by atoms with Crippen LogP contribution in [0.3, 0.4) is 0 Å². The Bertz CT molecular complexity index is 4890. The Hall–Kier alpha value is -5.84. The van der Waals surface area contributed by atoms with Gasteiger partial charge in [0.2, 0.25) is 0 Å². The largest absolute Gasteiger partial charge is 0.311 e. The standard InChI is InChI=1S/C70H75BN2S/c1-39-31-56-61-57(32-39)73(43-23-19-40(20-24-43)64(2,3)4)62-53(29-30-58-59(62)60-63(74-58)68(13,14)38-67(60,11)12)71(61)54-36-48-47-34-42(66(8,9)10)22-28-50(47)70(17,18)52(48)37-55(54)72(56)44-25-26-45-46-33-41(65(5,6)7)21-27-49(46)69(15,16)51(45)35-44/h19-37H,38H2,1-18H3/i19D,20D,21D,22D,23D,24D,25D,26D,27D,28D,29D,30D,31D,32D,33D,34D,35D,36D,37D. The maximum absolute atomic E-state index is 11.2. The molecule has 2 aliphatic heterocycles. The molecule has 5 aliphatic rings. The van der Waals surface area contributed by atoms with Gasteiger partial charge in [-0.3, -0.25) is 0 Å². The number of thiophene rings is 1. The number of benzene rings is 7. The number of hydrogen-bond acceptors (Lipinski definition) is 3. The van der Waals surface area contributed by atoms with Gasteiger partial charge in [0.1, 0.15) is 0 Å². The van der Waals surface area contributed by atoms with Crippen molar-refractivity contribution in [3.05, 3.63) is 170 Å². The smallest absolute Gasteiger partial charge is 0.252 e. The van der Waals surface area contributed by atoms with Gasteiger partial charge in [-0.2, -0.15) is 0 Å². The molecule has 1 aromatic heterocycles. The summed E-state index contributed by atoms with van der Waals surface area (Å²) in [6.45, 7) is 31.7. The number of anilines is 6. The summed E-state index contributed by atoms with van der Waals surface area (Å²) in [5, 5.41) is 0.464. The molecule has 0 unspecified atom stereocenters. The second-order valence-corrected chi connectivity index (χ2v) is 28.0. The van der Waals surface area contributed by atoms with Crippen molar-refractivity contribution in [2.75, 3.05) is 9.80 Å². The van der Waals surface area contributed by atoms with Gasteiger partial charge in [0.15, 0.2) is 0 Å². The fourth-order valence-corrected chi connectivity index (χ4v) is 14.3. The number of rotatable bonds is 2. The normalized spacial score (nSPS) is 21.5. The number of nitrogens with zero attached hydrogens (tertiary/aromatic N) is 2. The predicted molar refractivity (Wildman–Crippen MR) is 322 cm³/mol. The molecule has 0 saturated heterocycles. The summed E-state index contributed by atoms with van der Waals surface area (Å²) < 4.78 is 195. The zero-order valence-corrected chi connectivity index (χ0v) is 46.9. The van der Waals surface area contributed by atoms with Crippen LogP contribution in [0.2, 0.25) is 0 Å². The average Bonchev–Trinajstić information content (AvgIpc) is 1.65. The molecule has 8 aromatic rings. The van der Waals surface area contributed by atoms with E-state index in [1.165, 1.54) is 28.1 Å². The summed E-state index contributed by atoms with van der Waals surface area (Å²) >= 11 is 1.36. The summed E-state index contributed by atoms with van der Waals surface area (Å²) in [5.74, 6) is 0. The Morgan fingerprint density at radius 1 is 0.486 bits per heavy atom. The van der Waals surface area contributed by atoms with E-state index in [0.29, 0.717) is 16.5 Å². The van der Waals surface area contributed by atoms with Crippen LogP contribution in [0.4, 0.5) is 34.1 Å². The van der Waals surface area contributed by atoms with Gasteiger partial charge in [0.05, 0.1) is 31.7 Å². The third-order valence-corrected chi connectivity index (χ3v) is 18.0. The van der Waals surface area contributed by atoms with Gasteiger partial charge in [-0.05, 0) is 172 Å². The molecule has 0 spiro atoms. The van der Waals surface area contributed by atoms with Gasteiger partial charge >= 0.3 is 0 Å². The van der Waals surface area contributed by atoms with Crippen LogP contribution in [0.5, 0.6) is 0 Å². The van der Waals surface area contributed by atoms with Crippen molar-refractivity contribution in [2.45, 2.75) is 169 Å². The first-order valence-electron chi connectivity index (χ1n) is 35.6. The van der Waals surface area contributed by atoms with Crippen LogP contribution in [-0.2, 0) is 37.9 Å². The highest BCUT2D eigenvalue weighted by molar-refractivity contribution is 7.19. The Kier molecular flexibility index (Phi) is 6.24. The van der Waals surface area contributed by atoms with Crippen LogP contribution < -0.4 is 26.2 Å². The van der Waals surface area contributed by atoms with Gasteiger partial charge in [-0.25, -0.2) is 0 Å². The quantitative estimate of drug-likeness (QED) is 0.159. The van der Waals surface area contributed by atoms with Gasteiger partial charge in [-0.1, -0.05) is 184 Å². The maximum atomic E-state index is 11.2. The molecule has 0 bridgehead atoms. The summed E-state index contributed by atoms with van der Waals surface area (Å²) in [6, 6.07) is -6.21. The molecular formula is C70H75BN2S. The molecule has 74 heavy (non-hydrogen) atoms. The molecule has 0 amide bonds. The number of hydrogen-bond donors (Lipinski definition) is 0. The highest BCUT2D eigenvalue weighted by atomic mass is 32.1. The molecule has 2 nitrogen and oxygen atoms in total. The van der Waals surface area contributed by atoms with E-state index < -0.39 is 74.8 Å². The average molecular weight is 1010 g/mol. The summed E-state index contributed by atoms with van der Waals surface area (Å²) in [6.07, 6.45) is 0.639. The van der Waals surface area contributed by atoms with Crippen molar-refractivity contribution >= 4 is 78.6 Å². The minimum absolute atomic E-state index is 0.00207. The fraction of sp³-hybridized carbons (Fsp3) is 0.371. The molecule has 0 radical (unpaired) electrons. The Labute approximate surface area is 474 Å². The fourth-order valence-electron chi connectivity index (χ4n) is 12.9. The minimum atomic E-state index is -1.54. The van der Waals surface area contributed by atoms with Crippen molar-refractivity contribution in [1.82, 2.24) is 0 Å². The lowest BCUT2D eigenvalue weighted by Gasteiger charge is -2.45. The van der Waals surface area contributed by atoms with Crippen molar-refractivity contribution in [3.63, 3.8) is 0 Å². The van der Waals surface area contributed by atoms with Crippen LogP contribution in [-0.4, -0.2) is 6.71 Å². The van der Waals surface area contributed by atoms with Crippen molar-refractivity contribution in [1.29, 1.82) is 0 Å². The van der Waals surface area contributed by atoms with Crippen LogP contribution >= 0.6 is 11.3 Å². The highest BCUT2D eigenvalue weighted by Gasteiger charge is 2.50. The molecule has 0 atom stereocenters. The van der Waals surface area contributed by atoms with E-state index >= 15 is 0 Å². The van der Waals surface area contributed by atoms with Crippen molar-refractivity contribution in [3.8, 4) is 22.3 Å². The lowest BCUT2D eigenvalue weighted by Crippen LogP contribution is -2.61. The zero-order valence-electron chi connectivity index (χ0n) is 65.1. The molecule has 374 valence electrons. The molecule has 0 fully saturated rings. The zero-order chi connectivity index (χ0) is 69.0. The molecule has 4 heteroatoms. The first-order chi connectivity index (χ1) is 42.5. The van der Waals surface area contributed by atoms with Crippen molar-refractivity contribution in [2.24, 2.45) is 0 Å². The molecule has 7 aromatic carbocycles. The summed E-state index contributed by atoms with van der Waals surface area (Å²) in [7, 11) is 0. The van der Waals surface area contributed by atoms with E-state index in [4.69, 9.17) is 0 Å². The predicted octanol–water partition coefficient (Wildman–Crippen LogP) is 17.8. The van der Waals surface area contributed by atoms with Gasteiger partial charge in [-0.15, -0.1) is 11.3 Å². The van der Waals surface area contributed by atoms with E-state index in [0.717, 1.165) is 10.4 Å². The van der Waals surface area contributed by atoms with Crippen LogP contribution in [0.25, 0.3) is 32.3 Å². The third kappa shape index (κ3) is 6.48. The van der Waals surface area contributed by atoms with E-state index in [2.05, 4.69) is 27.7 Å². The van der Waals surface area contributed by atoms with Gasteiger partial charge in [0, 0.05) is 59.6 Å². The van der Waals surface area contributed by atoms with Gasteiger partial charge < -0.3 is 9.80 Å². The Morgan fingerprint density at radius 3 is 1.61 bits per heavy atom. The minimum Gasteiger partial charge on any atom is -0.311 e. The van der Waals surface area contributed by atoms with E-state index in [1.54, 1.807) is 48.5 Å². The molecule has 0 N–H and O–H groups in total. The topological polar surface area (TPSA) is 6.48 Å². The summed E-state index contributed by atoms with van der Waals surface area (Å²) in [4.78, 5) is 3.78. The van der Waals surface area contributed by atoms with E-state index in [9.17, 15) is 26.0 Å². The maximum Gasteiger partial charge on any atom is 0.252 e. The highest BCUT2D eigenvalue weighted by Crippen LogP contribution is 2.60. The second kappa shape index (κ2) is 14.8. The molecule has 13 rings (SSSR count). The first-order valence-corrected chi connectivity index (χ1v) is 26.9. The molecule has 3 aliphatic carbocycles. The van der Waals surface area contributed by atoms with E-state index in [1.807, 2.05) is 41.5 Å². The van der Waals surface area contributed by atoms with Gasteiger partial charge in [0.25, 0.3) is 6.71 Å². The van der Waals surface area contributed by atoms with Crippen molar-refractivity contribution < 1.29 is 26.0 Å². The monoisotopic (exact) mass is 1010 g/mol. The summed E-state index contributed by atoms with van der Waals surface area (Å²) in [5.41, 5.74) is -5.17. The SMILES string of the molecule is [2H]c1c([2H])c(N2c3c([2H])c4c(c([2H])c3B3c5c2c([2H])c(C)c([2H])c5N(c2c([2H])c([2H])c(C(C)(C)C)c([2H])c2[2H])c2c3c([2H])c([2H])c3sc5c(c23)C(C)(C)CC5(C)C)-c2c([2H])c(C(C)(C)C)c([2H])c([2H])c2C4(C)C)c([2H])c2c1-c1c([2H])c(C(C)(C)C)c([2H])c([2H])c1C2(C)C.